The summed E-state index contributed by atoms with van der Waals surface area (Å²) in [5.74, 6) is 1.21. The zero-order valence-corrected chi connectivity index (χ0v) is 7.68. The van der Waals surface area contributed by atoms with Crippen molar-refractivity contribution < 1.29 is 0 Å². The van der Waals surface area contributed by atoms with Gasteiger partial charge in [-0.1, -0.05) is 6.42 Å². The lowest BCUT2D eigenvalue weighted by Crippen LogP contribution is -2.29. The van der Waals surface area contributed by atoms with Gasteiger partial charge < -0.3 is 11.1 Å². The largest absolute Gasteiger partial charge is 0.374 e. The molecule has 1 heterocycles. The first-order valence-corrected chi connectivity index (χ1v) is 4.91. The van der Waals surface area contributed by atoms with Gasteiger partial charge in [-0.3, -0.25) is 4.99 Å². The van der Waals surface area contributed by atoms with Crippen LogP contribution in [0.25, 0.3) is 0 Å². The molecule has 1 aliphatic rings. The summed E-state index contributed by atoms with van der Waals surface area (Å²) in [6, 6.07) is 0. The van der Waals surface area contributed by atoms with Crippen molar-refractivity contribution in [2.24, 2.45) is 10.7 Å². The van der Waals surface area contributed by atoms with E-state index in [4.69, 9.17) is 5.73 Å². The predicted octanol–water partition coefficient (Wildman–Crippen LogP) is 0.897. The van der Waals surface area contributed by atoms with Crippen LogP contribution in [0.5, 0.6) is 0 Å². The summed E-state index contributed by atoms with van der Waals surface area (Å²) in [4.78, 5) is 4.40. The topological polar surface area (TPSA) is 50.4 Å². The Morgan fingerprint density at radius 2 is 2.25 bits per heavy atom. The second kappa shape index (κ2) is 6.00. The van der Waals surface area contributed by atoms with Gasteiger partial charge in [0.2, 0.25) is 0 Å². The first-order valence-electron chi connectivity index (χ1n) is 4.91. The second-order valence-corrected chi connectivity index (χ2v) is 3.21. The van der Waals surface area contributed by atoms with Gasteiger partial charge in [-0.05, 0) is 25.8 Å². The second-order valence-electron chi connectivity index (χ2n) is 3.21. The Labute approximate surface area is 74.4 Å². The van der Waals surface area contributed by atoms with Crippen LogP contribution in [0.4, 0.5) is 0 Å². The molecule has 0 aromatic heterocycles. The molecule has 1 rings (SSSR count). The maximum absolute atomic E-state index is 5.40. The minimum atomic E-state index is 0.819. The van der Waals surface area contributed by atoms with E-state index in [1.54, 1.807) is 0 Å². The standard InChI is InChI=1S/C9H19N3/c10-6-3-1-2-5-9-11-7-4-8-12-9/h1-8,10H2,(H,11,12). The highest BCUT2D eigenvalue weighted by atomic mass is 15.0. The summed E-state index contributed by atoms with van der Waals surface area (Å²) >= 11 is 0. The van der Waals surface area contributed by atoms with Crippen molar-refractivity contribution in [3.05, 3.63) is 0 Å². The summed E-state index contributed by atoms with van der Waals surface area (Å²) in [6.07, 6.45) is 5.90. The van der Waals surface area contributed by atoms with Crippen LogP contribution in [-0.2, 0) is 0 Å². The fourth-order valence-corrected chi connectivity index (χ4v) is 1.36. The molecular weight excluding hydrogens is 150 g/mol. The Balaban J connectivity index is 2.01. The number of unbranched alkanes of at least 4 members (excludes halogenated alkanes) is 2. The number of hydrogen-bond acceptors (Lipinski definition) is 3. The van der Waals surface area contributed by atoms with E-state index in [2.05, 4.69) is 10.3 Å². The number of aliphatic imine (C=N–C) groups is 1. The number of amidine groups is 1. The molecule has 3 heteroatoms. The molecule has 0 bridgehead atoms. The average Bonchev–Trinajstić information content (AvgIpc) is 2.14. The van der Waals surface area contributed by atoms with Gasteiger partial charge >= 0.3 is 0 Å². The fraction of sp³-hybridized carbons (Fsp3) is 0.889. The van der Waals surface area contributed by atoms with Gasteiger partial charge in [-0.25, -0.2) is 0 Å². The molecule has 0 fully saturated rings. The molecule has 0 aromatic carbocycles. The van der Waals surface area contributed by atoms with Gasteiger partial charge in [0.25, 0.3) is 0 Å². The molecule has 3 N–H and O–H groups in total. The van der Waals surface area contributed by atoms with Crippen molar-refractivity contribution in [1.82, 2.24) is 5.32 Å². The van der Waals surface area contributed by atoms with Crippen LogP contribution in [0.2, 0.25) is 0 Å². The number of nitrogens with one attached hydrogen (secondary N) is 1. The maximum atomic E-state index is 5.40. The van der Waals surface area contributed by atoms with Crippen molar-refractivity contribution in [2.45, 2.75) is 32.1 Å². The zero-order chi connectivity index (χ0) is 8.65. The smallest absolute Gasteiger partial charge is 0.0963 e. The summed E-state index contributed by atoms with van der Waals surface area (Å²) < 4.78 is 0. The Morgan fingerprint density at radius 1 is 1.33 bits per heavy atom. The van der Waals surface area contributed by atoms with Gasteiger partial charge in [0, 0.05) is 19.5 Å². The molecule has 0 saturated heterocycles. The van der Waals surface area contributed by atoms with Crippen molar-refractivity contribution in [1.29, 1.82) is 0 Å². The number of hydrogen-bond donors (Lipinski definition) is 2. The third-order valence-corrected chi connectivity index (χ3v) is 2.08. The fourth-order valence-electron chi connectivity index (χ4n) is 1.36. The number of rotatable bonds is 5. The molecule has 0 spiro atoms. The van der Waals surface area contributed by atoms with Crippen molar-refractivity contribution in [3.8, 4) is 0 Å². The van der Waals surface area contributed by atoms with E-state index in [0.29, 0.717) is 0 Å². The van der Waals surface area contributed by atoms with Gasteiger partial charge in [0.15, 0.2) is 0 Å². The molecule has 12 heavy (non-hydrogen) atoms. The van der Waals surface area contributed by atoms with Crippen LogP contribution in [0, 0.1) is 0 Å². The van der Waals surface area contributed by atoms with Crippen LogP contribution in [0.3, 0.4) is 0 Å². The Hall–Kier alpha value is -0.570. The summed E-state index contributed by atoms with van der Waals surface area (Å²) in [5, 5.41) is 3.31. The molecule has 0 unspecified atom stereocenters. The van der Waals surface area contributed by atoms with E-state index in [1.165, 1.54) is 25.1 Å². The summed E-state index contributed by atoms with van der Waals surface area (Å²) in [7, 11) is 0. The monoisotopic (exact) mass is 169 g/mol. The molecule has 0 radical (unpaired) electrons. The first kappa shape index (κ1) is 9.52. The molecular formula is C9H19N3. The molecule has 0 aliphatic carbocycles. The first-order chi connectivity index (χ1) is 5.93. The lowest BCUT2D eigenvalue weighted by molar-refractivity contribution is 0.673. The van der Waals surface area contributed by atoms with Crippen molar-refractivity contribution in [3.63, 3.8) is 0 Å². The lowest BCUT2D eigenvalue weighted by Gasteiger charge is -2.13. The van der Waals surface area contributed by atoms with Crippen LogP contribution >= 0.6 is 0 Å². The van der Waals surface area contributed by atoms with E-state index in [9.17, 15) is 0 Å². The molecule has 1 aliphatic heterocycles. The summed E-state index contributed by atoms with van der Waals surface area (Å²) in [5.41, 5.74) is 5.40. The van der Waals surface area contributed by atoms with E-state index in [0.717, 1.165) is 32.5 Å². The van der Waals surface area contributed by atoms with E-state index >= 15 is 0 Å². The van der Waals surface area contributed by atoms with E-state index in [-0.39, 0.29) is 0 Å². The Kier molecular flexibility index (Phi) is 4.76. The normalized spacial score (nSPS) is 16.9. The van der Waals surface area contributed by atoms with Crippen molar-refractivity contribution >= 4 is 5.84 Å². The number of nitrogens with two attached hydrogens (primary N) is 1. The van der Waals surface area contributed by atoms with Crippen LogP contribution in [0.15, 0.2) is 4.99 Å². The SMILES string of the molecule is NCCCCCC1=NCCCN1. The summed E-state index contributed by atoms with van der Waals surface area (Å²) in [6.45, 7) is 2.94. The molecule has 0 aromatic rings. The molecule has 3 nitrogen and oxygen atoms in total. The number of nitrogens with zero attached hydrogens (tertiary/aromatic N) is 1. The maximum Gasteiger partial charge on any atom is 0.0963 e. The van der Waals surface area contributed by atoms with Gasteiger partial charge in [0.1, 0.15) is 0 Å². The average molecular weight is 169 g/mol. The molecule has 0 atom stereocenters. The highest BCUT2D eigenvalue weighted by Crippen LogP contribution is 2.01. The molecule has 0 amide bonds. The van der Waals surface area contributed by atoms with Crippen LogP contribution in [0.1, 0.15) is 32.1 Å². The zero-order valence-electron chi connectivity index (χ0n) is 7.68. The van der Waals surface area contributed by atoms with Crippen LogP contribution < -0.4 is 11.1 Å². The van der Waals surface area contributed by atoms with E-state index < -0.39 is 0 Å². The quantitative estimate of drug-likeness (QED) is 0.601. The Bertz CT molecular complexity index is 143. The minimum absolute atomic E-state index is 0.819. The Morgan fingerprint density at radius 3 is 2.92 bits per heavy atom. The van der Waals surface area contributed by atoms with Gasteiger partial charge in [-0.2, -0.15) is 0 Å². The van der Waals surface area contributed by atoms with E-state index in [1.807, 2.05) is 0 Å². The third-order valence-electron chi connectivity index (χ3n) is 2.08. The highest BCUT2D eigenvalue weighted by molar-refractivity contribution is 5.82. The minimum Gasteiger partial charge on any atom is -0.374 e. The highest BCUT2D eigenvalue weighted by Gasteiger charge is 2.02. The molecule has 0 saturated carbocycles. The van der Waals surface area contributed by atoms with Crippen LogP contribution in [-0.4, -0.2) is 25.5 Å². The lowest BCUT2D eigenvalue weighted by atomic mass is 10.1. The third kappa shape index (κ3) is 3.72. The predicted molar refractivity (Wildman–Crippen MR) is 52.4 cm³/mol. The van der Waals surface area contributed by atoms with Crippen molar-refractivity contribution in [2.75, 3.05) is 19.6 Å². The van der Waals surface area contributed by atoms with Gasteiger partial charge in [-0.15, -0.1) is 0 Å². The molecule has 70 valence electrons. The van der Waals surface area contributed by atoms with Gasteiger partial charge in [0.05, 0.1) is 5.84 Å².